The third-order valence-corrected chi connectivity index (χ3v) is 5.42. The van der Waals surface area contributed by atoms with Crippen LogP contribution in [0.2, 0.25) is 5.02 Å². The lowest BCUT2D eigenvalue weighted by Gasteiger charge is -2.15. The highest BCUT2D eigenvalue weighted by atomic mass is 35.5. The van der Waals surface area contributed by atoms with Crippen LogP contribution < -0.4 is 10.0 Å². The summed E-state index contributed by atoms with van der Waals surface area (Å²) in [7, 11) is -3.78. The number of rotatable bonds is 8. The number of sulfonamides is 1. The van der Waals surface area contributed by atoms with E-state index < -0.39 is 33.6 Å². The second kappa shape index (κ2) is 9.25. The van der Waals surface area contributed by atoms with E-state index in [2.05, 4.69) is 10.0 Å². The second-order valence-corrected chi connectivity index (χ2v) is 8.18. The van der Waals surface area contributed by atoms with E-state index in [4.69, 9.17) is 11.6 Å². The van der Waals surface area contributed by atoms with Crippen LogP contribution in [-0.4, -0.2) is 26.9 Å². The van der Waals surface area contributed by atoms with Crippen molar-refractivity contribution in [2.45, 2.75) is 30.7 Å². The quantitative estimate of drug-likeness (QED) is 0.694. The Kier molecular flexibility index (Phi) is 7.29. The molecule has 1 atom stereocenters. The monoisotopic (exact) mass is 416 g/mol. The molecule has 5 nitrogen and oxygen atoms in total. The highest BCUT2D eigenvalue weighted by Gasteiger charge is 2.16. The van der Waals surface area contributed by atoms with Crippen LogP contribution in [0, 0.1) is 11.6 Å². The summed E-state index contributed by atoms with van der Waals surface area (Å²) in [5.74, 6) is -1.79. The number of hydrogen-bond acceptors (Lipinski definition) is 3. The van der Waals surface area contributed by atoms with Crippen LogP contribution >= 0.6 is 11.6 Å². The number of carbonyl (C=O) groups excluding carboxylic acids is 1. The molecule has 0 heterocycles. The van der Waals surface area contributed by atoms with Crippen LogP contribution in [0.25, 0.3) is 0 Å². The molecule has 1 amide bonds. The highest BCUT2D eigenvalue weighted by Crippen LogP contribution is 2.15. The Morgan fingerprint density at radius 2 is 1.78 bits per heavy atom. The van der Waals surface area contributed by atoms with Crippen molar-refractivity contribution < 1.29 is 22.0 Å². The molecular weight excluding hydrogens is 398 g/mol. The van der Waals surface area contributed by atoms with Gasteiger partial charge in [0.2, 0.25) is 15.9 Å². The van der Waals surface area contributed by atoms with Gasteiger partial charge in [-0.15, -0.1) is 0 Å². The number of carbonyl (C=O) groups is 1. The van der Waals surface area contributed by atoms with E-state index in [0.29, 0.717) is 0 Å². The molecule has 2 rings (SSSR count). The zero-order valence-corrected chi connectivity index (χ0v) is 16.1. The van der Waals surface area contributed by atoms with Gasteiger partial charge in [0.25, 0.3) is 0 Å². The molecule has 0 aliphatic rings. The molecule has 0 radical (unpaired) electrons. The Bertz CT molecular complexity index is 902. The molecule has 0 aliphatic heterocycles. The normalized spacial score (nSPS) is 12.6. The van der Waals surface area contributed by atoms with Crippen molar-refractivity contribution >= 4 is 27.5 Å². The van der Waals surface area contributed by atoms with Gasteiger partial charge < -0.3 is 5.32 Å². The lowest BCUT2D eigenvalue weighted by molar-refractivity contribution is -0.121. The molecule has 0 bridgehead atoms. The van der Waals surface area contributed by atoms with Gasteiger partial charge >= 0.3 is 0 Å². The number of nitrogens with one attached hydrogen (secondary N) is 2. The summed E-state index contributed by atoms with van der Waals surface area (Å²) in [6.07, 6.45) is -0.137. The maximum atomic E-state index is 13.6. The largest absolute Gasteiger partial charge is 0.353 e. The molecule has 0 fully saturated rings. The van der Waals surface area contributed by atoms with Gasteiger partial charge in [-0.3, -0.25) is 4.79 Å². The van der Waals surface area contributed by atoms with Gasteiger partial charge in [0.1, 0.15) is 11.6 Å². The van der Waals surface area contributed by atoms with Gasteiger partial charge in [0, 0.05) is 29.6 Å². The molecule has 0 aliphatic carbocycles. The second-order valence-electron chi connectivity index (χ2n) is 5.98. The van der Waals surface area contributed by atoms with Crippen molar-refractivity contribution in [3.05, 3.63) is 64.7 Å². The third kappa shape index (κ3) is 6.27. The minimum Gasteiger partial charge on any atom is -0.353 e. The molecule has 0 saturated heterocycles. The van der Waals surface area contributed by atoms with Gasteiger partial charge in [0.05, 0.1) is 4.90 Å². The van der Waals surface area contributed by atoms with Crippen LogP contribution in [0.4, 0.5) is 8.78 Å². The fraction of sp³-hybridized carbons (Fsp3) is 0.278. The first-order valence-electron chi connectivity index (χ1n) is 8.16. The van der Waals surface area contributed by atoms with Crippen molar-refractivity contribution in [1.29, 1.82) is 0 Å². The molecule has 1 unspecified atom stereocenters. The van der Waals surface area contributed by atoms with E-state index in [-0.39, 0.29) is 34.9 Å². The van der Waals surface area contributed by atoms with E-state index in [9.17, 15) is 22.0 Å². The van der Waals surface area contributed by atoms with Crippen molar-refractivity contribution in [1.82, 2.24) is 10.0 Å². The minimum absolute atomic E-state index is 0.00111. The van der Waals surface area contributed by atoms with E-state index in [0.717, 1.165) is 12.1 Å². The first-order valence-corrected chi connectivity index (χ1v) is 10.0. The summed E-state index contributed by atoms with van der Waals surface area (Å²) in [6, 6.07) is 8.79. The molecule has 9 heteroatoms. The number of benzene rings is 2. The van der Waals surface area contributed by atoms with Crippen LogP contribution in [0.1, 0.15) is 18.9 Å². The van der Waals surface area contributed by atoms with Crippen LogP contribution in [-0.2, 0) is 21.2 Å². The van der Waals surface area contributed by atoms with Crippen molar-refractivity contribution in [3.63, 3.8) is 0 Å². The maximum absolute atomic E-state index is 13.6. The molecule has 2 N–H and O–H groups in total. The lowest BCUT2D eigenvalue weighted by Crippen LogP contribution is -2.37. The van der Waals surface area contributed by atoms with Crippen molar-refractivity contribution in [2.24, 2.45) is 0 Å². The zero-order chi connectivity index (χ0) is 20.0. The SMILES string of the molecule is CC(Cc1c(F)cccc1F)NC(=O)CCNS(=O)(=O)c1cccc(Cl)c1. The molecule has 27 heavy (non-hydrogen) atoms. The topological polar surface area (TPSA) is 75.3 Å². The minimum atomic E-state index is -3.78. The first-order chi connectivity index (χ1) is 12.7. The van der Waals surface area contributed by atoms with Gasteiger partial charge in [-0.1, -0.05) is 23.7 Å². The zero-order valence-electron chi connectivity index (χ0n) is 14.5. The summed E-state index contributed by atoms with van der Waals surface area (Å²) in [6.45, 7) is 1.49. The molecule has 0 aromatic heterocycles. The van der Waals surface area contributed by atoms with E-state index >= 15 is 0 Å². The highest BCUT2D eigenvalue weighted by molar-refractivity contribution is 7.89. The summed E-state index contributed by atoms with van der Waals surface area (Å²) >= 11 is 5.77. The van der Waals surface area contributed by atoms with Crippen LogP contribution in [0.5, 0.6) is 0 Å². The van der Waals surface area contributed by atoms with E-state index in [1.165, 1.54) is 24.3 Å². The summed E-state index contributed by atoms with van der Waals surface area (Å²) in [5, 5.41) is 2.87. The molecule has 146 valence electrons. The first kappa shape index (κ1) is 21.3. The van der Waals surface area contributed by atoms with Crippen molar-refractivity contribution in [2.75, 3.05) is 6.54 Å². The van der Waals surface area contributed by atoms with Crippen molar-refractivity contribution in [3.8, 4) is 0 Å². The Morgan fingerprint density at radius 3 is 2.41 bits per heavy atom. The number of hydrogen-bond donors (Lipinski definition) is 2. The fourth-order valence-corrected chi connectivity index (χ4v) is 3.78. The molecule has 0 saturated carbocycles. The van der Waals surface area contributed by atoms with Gasteiger partial charge in [-0.2, -0.15) is 0 Å². The smallest absolute Gasteiger partial charge is 0.240 e. The Labute approximate surface area is 161 Å². The standard InChI is InChI=1S/C18H19ClF2N2O3S/c1-12(10-15-16(20)6-3-7-17(15)21)23-18(24)8-9-22-27(25,26)14-5-2-4-13(19)11-14/h2-7,11-12,22H,8-10H2,1H3,(H,23,24). The summed E-state index contributed by atoms with van der Waals surface area (Å²) < 4.78 is 53.8. The third-order valence-electron chi connectivity index (χ3n) is 3.73. The van der Waals surface area contributed by atoms with Gasteiger partial charge in [0.15, 0.2) is 0 Å². The average molecular weight is 417 g/mol. The molecule has 2 aromatic carbocycles. The Hall–Kier alpha value is -2.03. The fourth-order valence-electron chi connectivity index (χ4n) is 2.45. The van der Waals surface area contributed by atoms with Crippen LogP contribution in [0.15, 0.2) is 47.4 Å². The molecule has 2 aromatic rings. The molecule has 0 spiro atoms. The maximum Gasteiger partial charge on any atom is 0.240 e. The van der Waals surface area contributed by atoms with E-state index in [1.807, 2.05) is 0 Å². The number of halogens is 3. The van der Waals surface area contributed by atoms with Gasteiger partial charge in [-0.25, -0.2) is 21.9 Å². The molecular formula is C18H19ClF2N2O3S. The Balaban J connectivity index is 1.84. The van der Waals surface area contributed by atoms with Crippen LogP contribution in [0.3, 0.4) is 0 Å². The predicted molar refractivity (Wildman–Crippen MR) is 98.9 cm³/mol. The summed E-state index contributed by atoms with van der Waals surface area (Å²) in [4.78, 5) is 11.9. The van der Waals surface area contributed by atoms with Gasteiger partial charge in [-0.05, 0) is 43.7 Å². The number of amides is 1. The summed E-state index contributed by atoms with van der Waals surface area (Å²) in [5.41, 5.74) is -0.105. The lowest BCUT2D eigenvalue weighted by atomic mass is 10.1. The Morgan fingerprint density at radius 1 is 1.15 bits per heavy atom. The average Bonchev–Trinajstić information content (AvgIpc) is 2.58. The van der Waals surface area contributed by atoms with E-state index in [1.54, 1.807) is 13.0 Å². The predicted octanol–water partition coefficient (Wildman–Crippen LogP) is 3.03.